The molecule has 0 heterocycles. The van der Waals surface area contributed by atoms with Crippen molar-refractivity contribution < 1.29 is 14.3 Å². The summed E-state index contributed by atoms with van der Waals surface area (Å²) >= 11 is 0. The van der Waals surface area contributed by atoms with Gasteiger partial charge in [0, 0.05) is 5.56 Å². The van der Waals surface area contributed by atoms with E-state index in [0.717, 1.165) is 0 Å². The SMILES string of the molecule is CC(C)(C)C(C(=O)O)c1ccccc1F. The molecule has 1 aromatic rings. The summed E-state index contributed by atoms with van der Waals surface area (Å²) in [6, 6.07) is 6.02. The standard InChI is InChI=1S/C12H15FO2/c1-12(2,3)10(11(14)15)8-6-4-5-7-9(8)13/h4-7,10H,1-3H3,(H,14,15). The summed E-state index contributed by atoms with van der Waals surface area (Å²) in [5, 5.41) is 9.12. The van der Waals surface area contributed by atoms with Crippen LogP contribution in [0.25, 0.3) is 0 Å². The lowest BCUT2D eigenvalue weighted by Crippen LogP contribution is -2.27. The fourth-order valence-electron chi connectivity index (χ4n) is 1.68. The number of halogens is 1. The third-order valence-electron chi connectivity index (χ3n) is 2.33. The van der Waals surface area contributed by atoms with E-state index in [1.165, 1.54) is 12.1 Å². The zero-order valence-corrected chi connectivity index (χ0v) is 9.12. The summed E-state index contributed by atoms with van der Waals surface area (Å²) in [5.74, 6) is -2.27. The van der Waals surface area contributed by atoms with E-state index in [1.807, 2.05) is 0 Å². The fourth-order valence-corrected chi connectivity index (χ4v) is 1.68. The van der Waals surface area contributed by atoms with E-state index >= 15 is 0 Å². The average molecular weight is 210 g/mol. The molecule has 15 heavy (non-hydrogen) atoms. The molecule has 0 saturated heterocycles. The van der Waals surface area contributed by atoms with Crippen molar-refractivity contribution in [3.63, 3.8) is 0 Å². The summed E-state index contributed by atoms with van der Waals surface area (Å²) in [6.07, 6.45) is 0. The van der Waals surface area contributed by atoms with Gasteiger partial charge in [-0.05, 0) is 11.5 Å². The van der Waals surface area contributed by atoms with E-state index in [-0.39, 0.29) is 5.56 Å². The molecule has 82 valence electrons. The lowest BCUT2D eigenvalue weighted by molar-refractivity contribution is -0.141. The molecular formula is C12H15FO2. The zero-order chi connectivity index (χ0) is 11.6. The van der Waals surface area contributed by atoms with Gasteiger partial charge in [0.05, 0.1) is 5.92 Å². The van der Waals surface area contributed by atoms with Crippen molar-refractivity contribution in [3.8, 4) is 0 Å². The summed E-state index contributed by atoms with van der Waals surface area (Å²) in [7, 11) is 0. The highest BCUT2D eigenvalue weighted by Gasteiger charge is 2.34. The largest absolute Gasteiger partial charge is 0.481 e. The summed E-state index contributed by atoms with van der Waals surface area (Å²) < 4.78 is 13.5. The first kappa shape index (κ1) is 11.7. The minimum atomic E-state index is -0.993. The Hall–Kier alpha value is -1.38. The van der Waals surface area contributed by atoms with Crippen molar-refractivity contribution in [3.05, 3.63) is 35.6 Å². The van der Waals surface area contributed by atoms with Crippen LogP contribution in [-0.4, -0.2) is 11.1 Å². The van der Waals surface area contributed by atoms with Gasteiger partial charge in [0.25, 0.3) is 0 Å². The van der Waals surface area contributed by atoms with Crippen LogP contribution in [-0.2, 0) is 4.79 Å². The maximum absolute atomic E-state index is 13.5. The molecule has 1 aromatic carbocycles. The first-order valence-corrected chi connectivity index (χ1v) is 4.81. The lowest BCUT2D eigenvalue weighted by atomic mass is 9.76. The number of hydrogen-bond donors (Lipinski definition) is 1. The molecule has 1 atom stereocenters. The molecule has 0 saturated carbocycles. The highest BCUT2D eigenvalue weighted by atomic mass is 19.1. The molecule has 0 aliphatic rings. The first-order valence-electron chi connectivity index (χ1n) is 4.81. The number of carbonyl (C=O) groups is 1. The maximum atomic E-state index is 13.5. The van der Waals surface area contributed by atoms with Crippen LogP contribution in [0.1, 0.15) is 32.3 Å². The van der Waals surface area contributed by atoms with Crippen LogP contribution < -0.4 is 0 Å². The molecule has 0 fully saturated rings. The molecule has 1 N–H and O–H groups in total. The Morgan fingerprint density at radius 1 is 1.33 bits per heavy atom. The van der Waals surface area contributed by atoms with Gasteiger partial charge < -0.3 is 5.11 Å². The second kappa shape index (κ2) is 4.01. The van der Waals surface area contributed by atoms with Gasteiger partial charge >= 0.3 is 5.97 Å². The molecular weight excluding hydrogens is 195 g/mol. The van der Waals surface area contributed by atoms with Crippen LogP contribution >= 0.6 is 0 Å². The third kappa shape index (κ3) is 2.55. The van der Waals surface area contributed by atoms with Gasteiger partial charge in [-0.2, -0.15) is 0 Å². The Kier molecular flexibility index (Phi) is 3.12. The predicted octanol–water partition coefficient (Wildman–Crippen LogP) is 3.04. The fraction of sp³-hybridized carbons (Fsp3) is 0.417. The van der Waals surface area contributed by atoms with Crippen LogP contribution in [0, 0.1) is 11.2 Å². The van der Waals surface area contributed by atoms with Gasteiger partial charge in [0.15, 0.2) is 0 Å². The quantitative estimate of drug-likeness (QED) is 0.814. The van der Waals surface area contributed by atoms with Gasteiger partial charge in [-0.3, -0.25) is 4.79 Å². The monoisotopic (exact) mass is 210 g/mol. The van der Waals surface area contributed by atoms with Crippen LogP contribution in [0.2, 0.25) is 0 Å². The highest BCUT2D eigenvalue weighted by Crippen LogP contribution is 2.36. The topological polar surface area (TPSA) is 37.3 Å². The van der Waals surface area contributed by atoms with Crippen LogP contribution in [0.4, 0.5) is 4.39 Å². The molecule has 1 unspecified atom stereocenters. The highest BCUT2D eigenvalue weighted by molar-refractivity contribution is 5.77. The van der Waals surface area contributed by atoms with E-state index in [0.29, 0.717) is 0 Å². The Bertz CT molecular complexity index is 366. The number of rotatable bonds is 2. The maximum Gasteiger partial charge on any atom is 0.311 e. The van der Waals surface area contributed by atoms with Crippen molar-refractivity contribution in [2.75, 3.05) is 0 Å². The molecule has 0 bridgehead atoms. The summed E-state index contributed by atoms with van der Waals surface area (Å²) in [5.41, 5.74) is -0.258. The van der Waals surface area contributed by atoms with Crippen LogP contribution in [0.5, 0.6) is 0 Å². The van der Waals surface area contributed by atoms with Gasteiger partial charge in [-0.25, -0.2) is 4.39 Å². The molecule has 1 rings (SSSR count). The number of hydrogen-bond acceptors (Lipinski definition) is 1. The smallest absolute Gasteiger partial charge is 0.311 e. The summed E-state index contributed by atoms with van der Waals surface area (Å²) in [6.45, 7) is 5.37. The van der Waals surface area contributed by atoms with E-state index in [4.69, 9.17) is 5.11 Å². The van der Waals surface area contributed by atoms with E-state index in [9.17, 15) is 9.18 Å². The van der Waals surface area contributed by atoms with Crippen molar-refractivity contribution in [1.29, 1.82) is 0 Å². The van der Waals surface area contributed by atoms with Gasteiger partial charge in [-0.1, -0.05) is 39.0 Å². The normalized spacial score (nSPS) is 13.6. The van der Waals surface area contributed by atoms with E-state index in [2.05, 4.69) is 0 Å². The minimum Gasteiger partial charge on any atom is -0.481 e. The van der Waals surface area contributed by atoms with Crippen molar-refractivity contribution >= 4 is 5.97 Å². The Morgan fingerprint density at radius 2 is 1.87 bits per heavy atom. The molecule has 0 aromatic heterocycles. The van der Waals surface area contributed by atoms with E-state index < -0.39 is 23.1 Å². The molecule has 0 spiro atoms. The summed E-state index contributed by atoms with van der Waals surface area (Å²) in [4.78, 5) is 11.1. The Balaban J connectivity index is 3.23. The van der Waals surface area contributed by atoms with Gasteiger partial charge in [0.2, 0.25) is 0 Å². The predicted molar refractivity (Wildman–Crippen MR) is 56.2 cm³/mol. The van der Waals surface area contributed by atoms with E-state index in [1.54, 1.807) is 32.9 Å². The van der Waals surface area contributed by atoms with Crippen LogP contribution in [0.15, 0.2) is 24.3 Å². The van der Waals surface area contributed by atoms with Gasteiger partial charge in [0.1, 0.15) is 5.82 Å². The van der Waals surface area contributed by atoms with Crippen molar-refractivity contribution in [2.45, 2.75) is 26.7 Å². The number of carboxylic acid groups (broad SMARTS) is 1. The minimum absolute atomic E-state index is 0.248. The Labute approximate surface area is 88.7 Å². The van der Waals surface area contributed by atoms with Crippen LogP contribution in [0.3, 0.4) is 0 Å². The molecule has 0 radical (unpaired) electrons. The zero-order valence-electron chi connectivity index (χ0n) is 9.12. The van der Waals surface area contributed by atoms with Crippen molar-refractivity contribution in [1.82, 2.24) is 0 Å². The van der Waals surface area contributed by atoms with Gasteiger partial charge in [-0.15, -0.1) is 0 Å². The number of carboxylic acids is 1. The third-order valence-corrected chi connectivity index (χ3v) is 2.33. The molecule has 0 amide bonds. The second-order valence-corrected chi connectivity index (χ2v) is 4.66. The Morgan fingerprint density at radius 3 is 2.27 bits per heavy atom. The first-order chi connectivity index (χ1) is 6.84. The van der Waals surface area contributed by atoms with Crippen molar-refractivity contribution in [2.24, 2.45) is 5.41 Å². The molecule has 3 heteroatoms. The average Bonchev–Trinajstić information content (AvgIpc) is 2.05. The number of benzene rings is 1. The lowest BCUT2D eigenvalue weighted by Gasteiger charge is -2.27. The molecule has 0 aliphatic heterocycles. The molecule has 2 nitrogen and oxygen atoms in total. The molecule has 0 aliphatic carbocycles. The second-order valence-electron chi connectivity index (χ2n) is 4.66. The number of aliphatic carboxylic acids is 1.